The second-order valence-electron chi connectivity index (χ2n) is 8.74. The van der Waals surface area contributed by atoms with Crippen LogP contribution in [0.15, 0.2) is 65.2 Å². The number of aryl methyl sites for hydroxylation is 2. The number of hydrogen-bond donors (Lipinski definition) is 1. The Balaban J connectivity index is 1.35. The molecule has 1 N–H and O–H groups in total. The summed E-state index contributed by atoms with van der Waals surface area (Å²) in [7, 11) is 0. The van der Waals surface area contributed by atoms with E-state index in [1.54, 1.807) is 11.0 Å². The standard InChI is InChI=1S/C27H31N3O4/c1-20-9-11-22(12-10-20)17-28-27(32)25-16-24(34-29-25)19-30(18-23-8-5-15-33-23)26(31)14-13-21-6-3-2-4-7-21/h2-4,6-7,9-12,16,23H,5,8,13-15,17-19H2,1H3,(H,28,32). The van der Waals surface area contributed by atoms with Crippen molar-refractivity contribution in [3.05, 3.63) is 88.8 Å². The summed E-state index contributed by atoms with van der Waals surface area (Å²) in [4.78, 5) is 27.3. The largest absolute Gasteiger partial charge is 0.376 e. The first-order valence-electron chi connectivity index (χ1n) is 11.8. The van der Waals surface area contributed by atoms with E-state index in [4.69, 9.17) is 9.26 Å². The van der Waals surface area contributed by atoms with Crippen molar-refractivity contribution >= 4 is 11.8 Å². The van der Waals surface area contributed by atoms with Gasteiger partial charge in [0.2, 0.25) is 5.91 Å². The number of rotatable bonds is 10. The number of aromatic nitrogens is 1. The van der Waals surface area contributed by atoms with Crippen LogP contribution in [0.3, 0.4) is 0 Å². The molecule has 1 fully saturated rings. The van der Waals surface area contributed by atoms with Gasteiger partial charge >= 0.3 is 0 Å². The van der Waals surface area contributed by atoms with E-state index in [1.165, 1.54) is 5.56 Å². The lowest BCUT2D eigenvalue weighted by atomic mass is 10.1. The number of nitrogens with zero attached hydrogens (tertiary/aromatic N) is 2. The van der Waals surface area contributed by atoms with Crippen LogP contribution >= 0.6 is 0 Å². The molecule has 1 aliphatic rings. The van der Waals surface area contributed by atoms with E-state index in [2.05, 4.69) is 10.5 Å². The van der Waals surface area contributed by atoms with Crippen LogP contribution in [0.2, 0.25) is 0 Å². The normalized spacial score (nSPS) is 15.3. The lowest BCUT2D eigenvalue weighted by Crippen LogP contribution is -2.37. The predicted molar refractivity (Wildman–Crippen MR) is 128 cm³/mol. The van der Waals surface area contributed by atoms with Crippen LogP contribution in [0, 0.1) is 6.92 Å². The summed E-state index contributed by atoms with van der Waals surface area (Å²) in [6, 6.07) is 19.5. The van der Waals surface area contributed by atoms with Gasteiger partial charge in [0, 0.05) is 32.2 Å². The zero-order valence-electron chi connectivity index (χ0n) is 19.5. The van der Waals surface area contributed by atoms with Crippen molar-refractivity contribution in [1.82, 2.24) is 15.4 Å². The average molecular weight is 462 g/mol. The van der Waals surface area contributed by atoms with E-state index in [0.29, 0.717) is 31.7 Å². The number of hydrogen-bond acceptors (Lipinski definition) is 5. The summed E-state index contributed by atoms with van der Waals surface area (Å²) < 4.78 is 11.2. The Kier molecular flexibility index (Phi) is 8.09. The number of amides is 2. The van der Waals surface area contributed by atoms with Crippen LogP contribution < -0.4 is 5.32 Å². The number of nitrogens with one attached hydrogen (secondary N) is 1. The van der Waals surface area contributed by atoms with Crippen molar-refractivity contribution in [1.29, 1.82) is 0 Å². The molecule has 1 atom stereocenters. The molecule has 7 heteroatoms. The topological polar surface area (TPSA) is 84.7 Å². The average Bonchev–Trinajstić information content (AvgIpc) is 3.55. The third-order valence-corrected chi connectivity index (χ3v) is 5.98. The fraction of sp³-hybridized carbons (Fsp3) is 0.370. The fourth-order valence-electron chi connectivity index (χ4n) is 4.00. The van der Waals surface area contributed by atoms with E-state index >= 15 is 0 Å². The first-order valence-corrected chi connectivity index (χ1v) is 11.8. The Morgan fingerprint density at radius 3 is 2.62 bits per heavy atom. The molecule has 0 spiro atoms. The van der Waals surface area contributed by atoms with E-state index in [0.717, 1.165) is 30.6 Å². The number of ether oxygens (including phenoxy) is 1. The van der Waals surface area contributed by atoms with Gasteiger partial charge in [-0.1, -0.05) is 65.3 Å². The number of benzene rings is 2. The molecule has 34 heavy (non-hydrogen) atoms. The molecule has 2 amide bonds. The maximum absolute atomic E-state index is 13.1. The minimum absolute atomic E-state index is 0.0286. The first kappa shape index (κ1) is 23.7. The molecule has 0 radical (unpaired) electrons. The Morgan fingerprint density at radius 1 is 1.09 bits per heavy atom. The highest BCUT2D eigenvalue weighted by Crippen LogP contribution is 2.17. The van der Waals surface area contributed by atoms with Gasteiger partial charge in [0.1, 0.15) is 0 Å². The summed E-state index contributed by atoms with van der Waals surface area (Å²) in [6.45, 7) is 3.91. The highest BCUT2D eigenvalue weighted by molar-refractivity contribution is 5.92. The second-order valence-corrected chi connectivity index (χ2v) is 8.74. The Hall–Kier alpha value is -3.45. The lowest BCUT2D eigenvalue weighted by molar-refractivity contribution is -0.133. The molecule has 1 aliphatic heterocycles. The van der Waals surface area contributed by atoms with Gasteiger partial charge in [0.25, 0.3) is 5.91 Å². The molecule has 3 aromatic rings. The SMILES string of the molecule is Cc1ccc(CNC(=O)c2cc(CN(CC3CCCO3)C(=O)CCc3ccccc3)on2)cc1. The molecule has 1 saturated heterocycles. The summed E-state index contributed by atoms with van der Waals surface area (Å²) in [5, 5.41) is 6.78. The van der Waals surface area contributed by atoms with Gasteiger partial charge < -0.3 is 19.5 Å². The highest BCUT2D eigenvalue weighted by atomic mass is 16.5. The fourth-order valence-corrected chi connectivity index (χ4v) is 4.00. The molecule has 7 nitrogen and oxygen atoms in total. The van der Waals surface area contributed by atoms with Crippen molar-refractivity contribution in [2.75, 3.05) is 13.2 Å². The van der Waals surface area contributed by atoms with Gasteiger partial charge in [0.15, 0.2) is 11.5 Å². The molecule has 2 aromatic carbocycles. The smallest absolute Gasteiger partial charge is 0.273 e. The number of carbonyl (C=O) groups excluding carboxylic acids is 2. The minimum atomic E-state index is -0.309. The predicted octanol–water partition coefficient (Wildman–Crippen LogP) is 4.05. The monoisotopic (exact) mass is 461 g/mol. The van der Waals surface area contributed by atoms with Crippen molar-refractivity contribution < 1.29 is 18.8 Å². The van der Waals surface area contributed by atoms with Gasteiger partial charge in [-0.15, -0.1) is 0 Å². The molecule has 0 bridgehead atoms. The number of carbonyl (C=O) groups is 2. The molecule has 0 aliphatic carbocycles. The van der Waals surface area contributed by atoms with Gasteiger partial charge in [-0.05, 0) is 37.3 Å². The van der Waals surface area contributed by atoms with E-state index < -0.39 is 0 Å². The second kappa shape index (κ2) is 11.6. The maximum atomic E-state index is 13.1. The molecule has 178 valence electrons. The lowest BCUT2D eigenvalue weighted by Gasteiger charge is -2.24. The van der Waals surface area contributed by atoms with Crippen LogP contribution in [0.5, 0.6) is 0 Å². The summed E-state index contributed by atoms with van der Waals surface area (Å²) in [5.41, 5.74) is 3.51. The summed E-state index contributed by atoms with van der Waals surface area (Å²) >= 11 is 0. The third kappa shape index (κ3) is 6.78. The maximum Gasteiger partial charge on any atom is 0.273 e. The zero-order chi connectivity index (χ0) is 23.8. The summed E-state index contributed by atoms with van der Waals surface area (Å²) in [5.74, 6) is 0.198. The van der Waals surface area contributed by atoms with Crippen molar-refractivity contribution in [2.24, 2.45) is 0 Å². The van der Waals surface area contributed by atoms with Crippen LogP contribution in [0.1, 0.15) is 52.2 Å². The Bertz CT molecular complexity index is 1070. The molecule has 1 aromatic heterocycles. The van der Waals surface area contributed by atoms with Gasteiger partial charge in [-0.25, -0.2) is 0 Å². The quantitative estimate of drug-likeness (QED) is 0.492. The van der Waals surface area contributed by atoms with Crippen molar-refractivity contribution in [3.63, 3.8) is 0 Å². The Morgan fingerprint density at radius 2 is 1.88 bits per heavy atom. The molecule has 2 heterocycles. The molecule has 4 rings (SSSR count). The Labute approximate surface area is 200 Å². The van der Waals surface area contributed by atoms with Crippen LogP contribution in [-0.2, 0) is 29.0 Å². The van der Waals surface area contributed by atoms with E-state index in [9.17, 15) is 9.59 Å². The highest BCUT2D eigenvalue weighted by Gasteiger charge is 2.24. The zero-order valence-corrected chi connectivity index (χ0v) is 19.5. The molecular weight excluding hydrogens is 430 g/mol. The molecular formula is C27H31N3O4. The van der Waals surface area contributed by atoms with Gasteiger partial charge in [-0.2, -0.15) is 0 Å². The minimum Gasteiger partial charge on any atom is -0.376 e. The third-order valence-electron chi connectivity index (χ3n) is 5.98. The van der Waals surface area contributed by atoms with Crippen LogP contribution in [0.4, 0.5) is 0 Å². The van der Waals surface area contributed by atoms with E-state index in [1.807, 2.05) is 61.5 Å². The first-order chi connectivity index (χ1) is 16.6. The van der Waals surface area contributed by atoms with Crippen LogP contribution in [0.25, 0.3) is 0 Å². The van der Waals surface area contributed by atoms with Crippen LogP contribution in [-0.4, -0.2) is 41.1 Å². The van der Waals surface area contributed by atoms with Crippen molar-refractivity contribution in [2.45, 2.75) is 51.8 Å². The molecule has 0 saturated carbocycles. The summed E-state index contributed by atoms with van der Waals surface area (Å²) in [6.07, 6.45) is 3.04. The van der Waals surface area contributed by atoms with Gasteiger partial charge in [0.05, 0.1) is 12.6 Å². The van der Waals surface area contributed by atoms with Crippen molar-refractivity contribution in [3.8, 4) is 0 Å². The molecule has 1 unspecified atom stereocenters. The van der Waals surface area contributed by atoms with E-state index in [-0.39, 0.29) is 30.2 Å². The van der Waals surface area contributed by atoms with Gasteiger partial charge in [-0.3, -0.25) is 9.59 Å².